The molecule has 0 bridgehead atoms. The summed E-state index contributed by atoms with van der Waals surface area (Å²) in [7, 11) is -9.82. The second-order valence-corrected chi connectivity index (χ2v) is 30.8. The maximum Gasteiger partial charge on any atom is 0.472 e. The number of rotatable bonds is 79. The Morgan fingerprint density at radius 1 is 0.266 bits per heavy atom. The molecular weight excluding hydrogens is 1410 g/mol. The van der Waals surface area contributed by atoms with E-state index in [2.05, 4.69) is 191 Å². The van der Waals surface area contributed by atoms with Crippen LogP contribution in [-0.4, -0.2) is 95.9 Å². The standard InChI is InChI=1S/C91H152O16P2/c1-4-7-10-13-16-19-22-25-28-31-34-37-39-41-42-44-46-48-50-53-56-59-62-65-68-71-74-77-89(94)101-80-86(92)81-103-108(97,98)104-82-87(93)83-105-109(99,100)106-85-88(107-91(96)79-76-73-70-67-64-61-58-55-52-47-36-33-30-27-24-21-18-15-12-9-6-3)84-102-90(95)78-75-72-69-66-63-60-57-54-51-49-45-43-40-38-35-32-29-26-23-20-17-14-11-8-5-2/h7,10,16-21,25-30,34-38,41-43,45-48,55,58,86-88,92-93H,4-6,8-9,11-15,22-24,31-33,39-40,44,49-54,56-57,59-85H2,1-3H3,(H,97,98)(H,99,100)/b10-7-,19-16-,20-17-,21-18-,28-25-,29-26-,30-27-,37-34-,38-35-,42-41-,45-43-,47-36-,48-46-,58-55-. The van der Waals surface area contributed by atoms with Crippen LogP contribution < -0.4 is 0 Å². The minimum absolute atomic E-state index is 0.0768. The van der Waals surface area contributed by atoms with Gasteiger partial charge in [-0.1, -0.05) is 319 Å². The van der Waals surface area contributed by atoms with Gasteiger partial charge in [0.2, 0.25) is 0 Å². The van der Waals surface area contributed by atoms with Gasteiger partial charge in [-0.3, -0.25) is 32.5 Å². The summed E-state index contributed by atoms with van der Waals surface area (Å²) < 4.78 is 61.3. The molecule has 18 heteroatoms. The van der Waals surface area contributed by atoms with Crippen molar-refractivity contribution in [2.24, 2.45) is 0 Å². The van der Waals surface area contributed by atoms with E-state index in [9.17, 15) is 43.5 Å². The van der Waals surface area contributed by atoms with Gasteiger partial charge in [0.25, 0.3) is 0 Å². The van der Waals surface area contributed by atoms with Crippen molar-refractivity contribution in [3.8, 4) is 0 Å². The smallest absolute Gasteiger partial charge is 0.463 e. The number of ether oxygens (including phenoxy) is 3. The Morgan fingerprint density at radius 3 is 0.771 bits per heavy atom. The third-order valence-electron chi connectivity index (χ3n) is 17.4. The molecule has 0 aliphatic heterocycles. The Kier molecular flexibility index (Phi) is 78.5. The van der Waals surface area contributed by atoms with Crippen molar-refractivity contribution in [3.05, 3.63) is 170 Å². The topological polar surface area (TPSA) is 231 Å². The first kappa shape index (κ1) is 104. The molecule has 0 aromatic rings. The Balaban J connectivity index is 4.70. The molecule has 0 aliphatic rings. The first-order chi connectivity index (χ1) is 53.2. The molecule has 0 aromatic carbocycles. The van der Waals surface area contributed by atoms with E-state index < -0.39 is 91.5 Å². The Morgan fingerprint density at radius 2 is 0.486 bits per heavy atom. The molecule has 0 radical (unpaired) electrons. The van der Waals surface area contributed by atoms with Crippen molar-refractivity contribution < 1.29 is 75.8 Å². The van der Waals surface area contributed by atoms with E-state index >= 15 is 0 Å². The number of carbonyl (C=O) groups is 3. The zero-order valence-corrected chi connectivity index (χ0v) is 70.0. The molecule has 0 heterocycles. The molecule has 622 valence electrons. The number of allylic oxidation sites excluding steroid dienone is 28. The van der Waals surface area contributed by atoms with Gasteiger partial charge in [-0.25, -0.2) is 9.13 Å². The molecule has 0 aromatic heterocycles. The van der Waals surface area contributed by atoms with Gasteiger partial charge >= 0.3 is 33.6 Å². The van der Waals surface area contributed by atoms with Crippen LogP contribution in [0.4, 0.5) is 0 Å². The lowest BCUT2D eigenvalue weighted by Crippen LogP contribution is -2.30. The van der Waals surface area contributed by atoms with Crippen LogP contribution in [0.25, 0.3) is 0 Å². The molecule has 109 heavy (non-hydrogen) atoms. The summed E-state index contributed by atoms with van der Waals surface area (Å²) in [6.07, 6.45) is 105. The number of hydrogen-bond acceptors (Lipinski definition) is 14. The van der Waals surface area contributed by atoms with Gasteiger partial charge in [0.15, 0.2) is 6.10 Å². The van der Waals surface area contributed by atoms with Gasteiger partial charge in [-0.05, 0) is 161 Å². The van der Waals surface area contributed by atoms with Crippen molar-refractivity contribution >= 4 is 33.6 Å². The van der Waals surface area contributed by atoms with Gasteiger partial charge in [-0.15, -0.1) is 0 Å². The van der Waals surface area contributed by atoms with Crippen LogP contribution in [0.1, 0.15) is 329 Å². The molecule has 0 saturated heterocycles. The minimum atomic E-state index is -4.95. The van der Waals surface area contributed by atoms with Crippen molar-refractivity contribution in [2.45, 2.75) is 347 Å². The van der Waals surface area contributed by atoms with Crippen LogP contribution in [0.3, 0.4) is 0 Å². The normalized spacial score (nSPS) is 14.7. The number of carbonyl (C=O) groups excluding carboxylic acids is 3. The molecular formula is C91H152O16P2. The Labute approximate surface area is 662 Å². The molecule has 0 spiro atoms. The molecule has 5 unspecified atom stereocenters. The van der Waals surface area contributed by atoms with E-state index in [1.165, 1.54) is 89.9 Å². The summed E-state index contributed by atoms with van der Waals surface area (Å²) in [5.74, 6) is -1.61. The van der Waals surface area contributed by atoms with Gasteiger partial charge in [0.1, 0.15) is 25.4 Å². The summed E-state index contributed by atoms with van der Waals surface area (Å²) in [6.45, 7) is 2.48. The lowest BCUT2D eigenvalue weighted by atomic mass is 10.1. The highest BCUT2D eigenvalue weighted by molar-refractivity contribution is 7.47. The highest BCUT2D eigenvalue weighted by Crippen LogP contribution is 2.45. The number of aliphatic hydroxyl groups is 2. The molecule has 0 rings (SSSR count). The second-order valence-electron chi connectivity index (χ2n) is 27.9. The number of phosphoric acid groups is 2. The van der Waals surface area contributed by atoms with E-state index in [-0.39, 0.29) is 19.3 Å². The first-order valence-electron chi connectivity index (χ1n) is 42.4. The summed E-state index contributed by atoms with van der Waals surface area (Å²) in [5.41, 5.74) is 0. The van der Waals surface area contributed by atoms with Crippen LogP contribution in [0, 0.1) is 0 Å². The lowest BCUT2D eigenvalue weighted by molar-refractivity contribution is -0.161. The summed E-state index contributed by atoms with van der Waals surface area (Å²) >= 11 is 0. The van der Waals surface area contributed by atoms with Gasteiger partial charge in [0, 0.05) is 19.3 Å². The maximum absolute atomic E-state index is 13.0. The lowest BCUT2D eigenvalue weighted by Gasteiger charge is -2.21. The van der Waals surface area contributed by atoms with Crippen molar-refractivity contribution in [3.63, 3.8) is 0 Å². The van der Waals surface area contributed by atoms with Gasteiger partial charge in [0.05, 0.1) is 26.4 Å². The molecule has 16 nitrogen and oxygen atoms in total. The second kappa shape index (κ2) is 82.4. The SMILES string of the molecule is CC/C=C\C/C=C\C/C=C\C/C=C\C/C=C\C/C=C\CCCCCCCCCCC(=O)OCC(O)COP(=O)(O)OCC(O)COP(=O)(O)OCC(COC(=O)CCCCCCCCCCC/C=C\C/C=C\C/C=C\C/C=C\CCCCC)OC(=O)CCCCCCC/C=C\C/C=C\C/C=C\C/C=C\CCCCC. The van der Waals surface area contributed by atoms with Crippen molar-refractivity contribution in [1.82, 2.24) is 0 Å². The fraction of sp³-hybridized carbons (Fsp3) is 0.659. The molecule has 0 saturated carbocycles. The summed E-state index contributed by atoms with van der Waals surface area (Å²) in [5, 5.41) is 20.7. The maximum atomic E-state index is 13.0. The van der Waals surface area contributed by atoms with Gasteiger partial charge in [-0.2, -0.15) is 0 Å². The Hall–Kier alpha value is -5.09. The summed E-state index contributed by atoms with van der Waals surface area (Å²) in [4.78, 5) is 58.9. The fourth-order valence-corrected chi connectivity index (χ4v) is 12.5. The largest absolute Gasteiger partial charge is 0.472 e. The molecule has 0 amide bonds. The number of hydrogen-bond donors (Lipinski definition) is 4. The average Bonchev–Trinajstić information content (AvgIpc) is 0.902. The number of aliphatic hydroxyl groups excluding tert-OH is 2. The third-order valence-corrected chi connectivity index (χ3v) is 19.3. The third kappa shape index (κ3) is 83.7. The van der Waals surface area contributed by atoms with Crippen LogP contribution in [0.2, 0.25) is 0 Å². The molecule has 5 atom stereocenters. The highest BCUT2D eigenvalue weighted by Gasteiger charge is 2.29. The van der Waals surface area contributed by atoms with Crippen LogP contribution in [-0.2, 0) is 55.8 Å². The van der Waals surface area contributed by atoms with Crippen molar-refractivity contribution in [1.29, 1.82) is 0 Å². The predicted molar refractivity (Wildman–Crippen MR) is 454 cm³/mol. The average molecular weight is 1560 g/mol. The number of phosphoric ester groups is 2. The van der Waals surface area contributed by atoms with Crippen LogP contribution in [0.5, 0.6) is 0 Å². The van der Waals surface area contributed by atoms with Crippen molar-refractivity contribution in [2.75, 3.05) is 39.6 Å². The predicted octanol–water partition coefficient (Wildman–Crippen LogP) is 25.5. The monoisotopic (exact) mass is 1560 g/mol. The van der Waals surface area contributed by atoms with Gasteiger partial charge < -0.3 is 34.2 Å². The Bertz CT molecular complexity index is 2660. The van der Waals surface area contributed by atoms with E-state index in [1.54, 1.807) is 0 Å². The molecule has 0 aliphatic carbocycles. The minimum Gasteiger partial charge on any atom is -0.463 e. The fourth-order valence-electron chi connectivity index (χ4n) is 11.0. The zero-order chi connectivity index (χ0) is 79.4. The van der Waals surface area contributed by atoms with E-state index in [1.807, 2.05) is 0 Å². The number of esters is 3. The zero-order valence-electron chi connectivity index (χ0n) is 68.2. The molecule has 0 fully saturated rings. The summed E-state index contributed by atoms with van der Waals surface area (Å²) in [6, 6.07) is 0. The molecule has 4 N–H and O–H groups in total. The highest BCUT2D eigenvalue weighted by atomic mass is 31.2. The van der Waals surface area contributed by atoms with E-state index in [0.717, 1.165) is 180 Å². The van der Waals surface area contributed by atoms with E-state index in [4.69, 9.17) is 32.3 Å². The van der Waals surface area contributed by atoms with Crippen LogP contribution in [0.15, 0.2) is 170 Å². The number of unbranched alkanes of at least 4 members (excludes halogenated alkanes) is 28. The van der Waals surface area contributed by atoms with Crippen LogP contribution >= 0.6 is 15.6 Å². The van der Waals surface area contributed by atoms with E-state index in [0.29, 0.717) is 19.3 Å². The quantitative estimate of drug-likeness (QED) is 0.0146. The first-order valence-corrected chi connectivity index (χ1v) is 45.4.